The van der Waals surface area contributed by atoms with Crippen LogP contribution < -0.4 is 9.47 Å². The molecule has 1 aromatic carbocycles. The Labute approximate surface area is 131 Å². The van der Waals surface area contributed by atoms with Gasteiger partial charge in [0.05, 0.1) is 17.7 Å². The van der Waals surface area contributed by atoms with Crippen molar-refractivity contribution >= 4 is 28.0 Å². The zero-order valence-electron chi connectivity index (χ0n) is 11.7. The van der Waals surface area contributed by atoms with Crippen molar-refractivity contribution in [2.24, 2.45) is 0 Å². The lowest BCUT2D eigenvalue weighted by atomic mass is 10.2. The molecule has 114 valence electrons. The number of hydrogen-bond donors (Lipinski definition) is 1. The number of benzene rings is 1. The van der Waals surface area contributed by atoms with E-state index in [1.807, 2.05) is 0 Å². The zero-order valence-corrected chi connectivity index (χ0v) is 13.3. The maximum absolute atomic E-state index is 10.6. The summed E-state index contributed by atoms with van der Waals surface area (Å²) in [5.41, 5.74) is 0.714. The maximum atomic E-state index is 10.6. The molecule has 1 aromatic rings. The highest BCUT2D eigenvalue weighted by Crippen LogP contribution is 2.37. The molecular weight excluding hydrogens is 340 g/mol. The van der Waals surface area contributed by atoms with Crippen LogP contribution in [0.5, 0.6) is 11.5 Å². The summed E-state index contributed by atoms with van der Waals surface area (Å²) < 4.78 is 17.3. The molecule has 1 heterocycles. The first-order valence-electron chi connectivity index (χ1n) is 6.63. The Hall–Kier alpha value is -1.53. The minimum atomic E-state index is -0.996. The van der Waals surface area contributed by atoms with Crippen molar-refractivity contribution in [2.45, 2.75) is 18.9 Å². The third-order valence-electron chi connectivity index (χ3n) is 3.11. The van der Waals surface area contributed by atoms with Gasteiger partial charge in [-0.3, -0.25) is 0 Å². The summed E-state index contributed by atoms with van der Waals surface area (Å²) in [6.45, 7) is 1.25. The first-order valence-corrected chi connectivity index (χ1v) is 7.42. The third kappa shape index (κ3) is 4.47. The molecular formula is C15H17BrO5. The predicted molar refractivity (Wildman–Crippen MR) is 81.8 cm³/mol. The molecule has 1 N–H and O–H groups in total. The van der Waals surface area contributed by atoms with E-state index in [1.54, 1.807) is 19.2 Å². The number of hydrogen-bond acceptors (Lipinski definition) is 4. The number of ether oxygens (including phenoxy) is 3. The van der Waals surface area contributed by atoms with Gasteiger partial charge in [0.25, 0.3) is 0 Å². The van der Waals surface area contributed by atoms with Gasteiger partial charge >= 0.3 is 5.97 Å². The lowest BCUT2D eigenvalue weighted by molar-refractivity contribution is -0.131. The summed E-state index contributed by atoms with van der Waals surface area (Å²) in [5.74, 6) is 0.150. The number of aliphatic carboxylic acids is 1. The van der Waals surface area contributed by atoms with Gasteiger partial charge in [-0.25, -0.2) is 4.79 Å². The Morgan fingerprint density at radius 3 is 3.00 bits per heavy atom. The Balaban J connectivity index is 2.14. The molecule has 1 aliphatic rings. The Morgan fingerprint density at radius 2 is 2.38 bits per heavy atom. The summed E-state index contributed by atoms with van der Waals surface area (Å²) in [4.78, 5) is 10.6. The number of carboxylic acid groups (broad SMARTS) is 1. The smallest absolute Gasteiger partial charge is 0.328 e. The number of carboxylic acids is 1. The lowest BCUT2D eigenvalue weighted by Gasteiger charge is -2.16. The number of carbonyl (C=O) groups is 1. The molecule has 0 amide bonds. The van der Waals surface area contributed by atoms with Gasteiger partial charge in [-0.2, -0.15) is 0 Å². The minimum Gasteiger partial charge on any atom is -0.493 e. The molecule has 5 nitrogen and oxygen atoms in total. The molecule has 0 saturated carbocycles. The van der Waals surface area contributed by atoms with E-state index in [1.165, 1.54) is 6.08 Å². The Morgan fingerprint density at radius 1 is 1.57 bits per heavy atom. The van der Waals surface area contributed by atoms with Crippen molar-refractivity contribution in [3.05, 3.63) is 28.2 Å². The molecule has 0 aliphatic carbocycles. The maximum Gasteiger partial charge on any atom is 0.328 e. The standard InChI is InChI=1S/C15H17BrO5/c1-19-13-8-10(4-5-14(17)18)7-12(16)15(13)21-9-11-3-2-6-20-11/h4-5,7-8,11H,2-3,6,9H2,1H3,(H,17,18)/b5-4+. The van der Waals surface area contributed by atoms with E-state index in [-0.39, 0.29) is 6.10 Å². The first-order chi connectivity index (χ1) is 10.1. The average molecular weight is 357 g/mol. The van der Waals surface area contributed by atoms with Crippen LogP contribution in [0.15, 0.2) is 22.7 Å². The van der Waals surface area contributed by atoms with Crippen molar-refractivity contribution in [3.8, 4) is 11.5 Å². The fraction of sp³-hybridized carbons (Fsp3) is 0.400. The van der Waals surface area contributed by atoms with E-state index >= 15 is 0 Å². The molecule has 0 radical (unpaired) electrons. The van der Waals surface area contributed by atoms with Gasteiger partial charge in [-0.1, -0.05) is 0 Å². The fourth-order valence-electron chi connectivity index (χ4n) is 2.10. The van der Waals surface area contributed by atoms with Crippen molar-refractivity contribution in [1.82, 2.24) is 0 Å². The molecule has 1 fully saturated rings. The van der Waals surface area contributed by atoms with Gasteiger partial charge in [0.15, 0.2) is 11.5 Å². The second-order valence-corrected chi connectivity index (χ2v) is 5.51. The normalized spacial score (nSPS) is 18.1. The van der Waals surface area contributed by atoms with Crippen LogP contribution in [-0.4, -0.2) is 37.5 Å². The van der Waals surface area contributed by atoms with Crippen molar-refractivity contribution in [3.63, 3.8) is 0 Å². The molecule has 1 aliphatic heterocycles. The first kappa shape index (κ1) is 15.9. The van der Waals surface area contributed by atoms with E-state index in [0.29, 0.717) is 28.1 Å². The van der Waals surface area contributed by atoms with Crippen molar-refractivity contribution < 1.29 is 24.1 Å². The van der Waals surface area contributed by atoms with Crippen LogP contribution in [0.4, 0.5) is 0 Å². The Bertz CT molecular complexity index is 535. The van der Waals surface area contributed by atoms with Crippen molar-refractivity contribution in [1.29, 1.82) is 0 Å². The van der Waals surface area contributed by atoms with Crippen LogP contribution in [0.25, 0.3) is 6.08 Å². The molecule has 0 spiro atoms. The van der Waals surface area contributed by atoms with Gasteiger partial charge in [0, 0.05) is 12.7 Å². The molecule has 0 bridgehead atoms. The minimum absolute atomic E-state index is 0.119. The van der Waals surface area contributed by atoms with Crippen LogP contribution in [-0.2, 0) is 9.53 Å². The topological polar surface area (TPSA) is 65.0 Å². The SMILES string of the molecule is COc1cc(/C=C/C(=O)O)cc(Br)c1OCC1CCCO1. The largest absolute Gasteiger partial charge is 0.493 e. The van der Waals surface area contributed by atoms with Crippen LogP contribution in [0.1, 0.15) is 18.4 Å². The summed E-state index contributed by atoms with van der Waals surface area (Å²) in [5, 5.41) is 8.66. The second kappa shape index (κ2) is 7.47. The molecule has 1 atom stereocenters. The second-order valence-electron chi connectivity index (χ2n) is 4.65. The van der Waals surface area contributed by atoms with E-state index in [4.69, 9.17) is 19.3 Å². The fourth-order valence-corrected chi connectivity index (χ4v) is 2.67. The van der Waals surface area contributed by atoms with E-state index in [9.17, 15) is 4.79 Å². The van der Waals surface area contributed by atoms with E-state index < -0.39 is 5.97 Å². The quantitative estimate of drug-likeness (QED) is 0.793. The molecule has 0 aromatic heterocycles. The van der Waals surface area contributed by atoms with Crippen LogP contribution in [0.3, 0.4) is 0 Å². The van der Waals surface area contributed by atoms with E-state index in [2.05, 4.69) is 15.9 Å². The monoisotopic (exact) mass is 356 g/mol. The van der Waals surface area contributed by atoms with Gasteiger partial charge in [-0.15, -0.1) is 0 Å². The molecule has 2 rings (SSSR count). The predicted octanol–water partition coefficient (Wildman–Crippen LogP) is 3.11. The molecule has 21 heavy (non-hydrogen) atoms. The third-order valence-corrected chi connectivity index (χ3v) is 3.70. The highest BCUT2D eigenvalue weighted by molar-refractivity contribution is 9.10. The zero-order chi connectivity index (χ0) is 15.2. The Kier molecular flexibility index (Phi) is 5.64. The highest BCUT2D eigenvalue weighted by atomic mass is 79.9. The van der Waals surface area contributed by atoms with Gasteiger partial charge in [-0.05, 0) is 52.5 Å². The average Bonchev–Trinajstić information content (AvgIpc) is 2.96. The van der Waals surface area contributed by atoms with Gasteiger partial charge in [0.1, 0.15) is 6.61 Å². The van der Waals surface area contributed by atoms with Crippen LogP contribution >= 0.6 is 15.9 Å². The van der Waals surface area contributed by atoms with Crippen molar-refractivity contribution in [2.75, 3.05) is 20.3 Å². The number of methoxy groups -OCH3 is 1. The van der Waals surface area contributed by atoms with Gasteiger partial charge in [0.2, 0.25) is 0 Å². The molecule has 1 saturated heterocycles. The summed E-state index contributed by atoms with van der Waals surface area (Å²) >= 11 is 3.43. The van der Waals surface area contributed by atoms with Crippen LogP contribution in [0.2, 0.25) is 0 Å². The number of halogens is 1. The summed E-state index contributed by atoms with van der Waals surface area (Å²) in [6, 6.07) is 3.52. The molecule has 6 heteroatoms. The lowest BCUT2D eigenvalue weighted by Crippen LogP contribution is -2.16. The number of rotatable bonds is 6. The summed E-state index contributed by atoms with van der Waals surface area (Å²) in [6.07, 6.45) is 4.76. The highest BCUT2D eigenvalue weighted by Gasteiger charge is 2.18. The van der Waals surface area contributed by atoms with Gasteiger partial charge < -0.3 is 19.3 Å². The molecule has 1 unspecified atom stereocenters. The summed E-state index contributed by atoms with van der Waals surface area (Å²) in [7, 11) is 1.55. The van der Waals surface area contributed by atoms with E-state index in [0.717, 1.165) is 25.5 Å². The van der Waals surface area contributed by atoms with Crippen LogP contribution in [0, 0.1) is 0 Å².